The van der Waals surface area contributed by atoms with Crippen LogP contribution in [0.15, 0.2) is 107 Å². The monoisotopic (exact) mass is 1170 g/mol. The van der Waals surface area contributed by atoms with Gasteiger partial charge in [-0.1, -0.05) is 62.3 Å². The first-order chi connectivity index (χ1) is 39.8. The lowest BCUT2D eigenvalue weighted by Crippen LogP contribution is -2.66. The van der Waals surface area contributed by atoms with E-state index in [4.69, 9.17) is 46.0 Å². The van der Waals surface area contributed by atoms with Crippen molar-refractivity contribution in [3.05, 3.63) is 140 Å². The summed E-state index contributed by atoms with van der Waals surface area (Å²) in [5, 5.41) is 22.3. The van der Waals surface area contributed by atoms with Gasteiger partial charge in [-0.05, 0) is 65.4 Å². The highest BCUT2D eigenvalue weighted by atomic mass is 32.2. The van der Waals surface area contributed by atoms with Gasteiger partial charge in [0.1, 0.15) is 55.0 Å². The standard InChI is InChI=1S/C60H67BN6O14S2/c1-37-63-46(35-82-37)52(64-81-50(28-59(2,3)4)57(71)78-32-39-10-16-43(75-6)17-11-39)48(68)26-45-55(70)66-53(58(72)79-33-40-12-18-44(76-7)19-13-40)41(34-83-56(45)66)30-67-23-20-60(21-24-67,22-25-67)36-62-54(69)47-27-49(80-61)51(29-65(47)73)77-31-38-8-14-42(74-5)15-9-38/h8-19,27,29,35,45,50,56H,20-26,28,30-34,36H2,1-7H3/p+1/b64-52-/t45-,50+,56-,60?,67?/m1/s1. The quantitative estimate of drug-likeness (QED) is 0.00881. The van der Waals surface area contributed by atoms with Crippen LogP contribution in [0.1, 0.15) is 90.8 Å². The molecule has 83 heavy (non-hydrogen) atoms. The Labute approximate surface area is 492 Å². The fourth-order valence-corrected chi connectivity index (χ4v) is 12.8. The van der Waals surface area contributed by atoms with E-state index in [2.05, 4.69) is 15.5 Å². The van der Waals surface area contributed by atoms with Crippen LogP contribution in [0.2, 0.25) is 0 Å². The third-order valence-electron chi connectivity index (χ3n) is 15.7. The van der Waals surface area contributed by atoms with E-state index in [-0.39, 0.29) is 72.4 Å². The number of thiazole rings is 1. The summed E-state index contributed by atoms with van der Waals surface area (Å²) in [4.78, 5) is 82.9. The molecule has 0 unspecified atom stereocenters. The van der Waals surface area contributed by atoms with Gasteiger partial charge < -0.3 is 52.9 Å². The molecule has 2 amide bonds. The molecule has 436 valence electrons. The smallest absolute Gasteiger partial charge is 0.374 e. The van der Waals surface area contributed by atoms with Gasteiger partial charge in [-0.2, -0.15) is 4.73 Å². The van der Waals surface area contributed by atoms with E-state index in [1.807, 2.05) is 32.9 Å². The molecule has 5 aliphatic rings. The van der Waals surface area contributed by atoms with Crippen molar-refractivity contribution in [3.8, 4) is 28.7 Å². The Balaban J connectivity index is 0.879. The topological polar surface area (TPSA) is 227 Å². The number of thioether (sulfide) groups is 1. The van der Waals surface area contributed by atoms with Crippen LogP contribution in [0.5, 0.6) is 28.7 Å². The van der Waals surface area contributed by atoms with E-state index in [9.17, 15) is 29.2 Å². The summed E-state index contributed by atoms with van der Waals surface area (Å²) < 4.78 is 39.4. The molecule has 5 aliphatic heterocycles. The number of nitrogens with zero attached hydrogens (tertiary/aromatic N) is 5. The number of rotatable bonds is 25. The second-order valence-corrected chi connectivity index (χ2v) is 24.8. The number of β-lactam (4-membered cyclic amide) rings is 1. The molecule has 4 fully saturated rings. The number of piperidine rings is 3. The third-order valence-corrected chi connectivity index (χ3v) is 17.8. The number of hydrogen-bond acceptors (Lipinski definition) is 18. The molecule has 2 bridgehead atoms. The Bertz CT molecular complexity index is 3230. The normalized spacial score (nSPS) is 20.5. The average molecular weight is 1170 g/mol. The maximum Gasteiger partial charge on any atom is 0.374 e. The van der Waals surface area contributed by atoms with Crippen molar-refractivity contribution < 1.29 is 71.1 Å². The Hall–Kier alpha value is -7.63. The van der Waals surface area contributed by atoms with Crippen LogP contribution in [0.25, 0.3) is 0 Å². The van der Waals surface area contributed by atoms with Crippen LogP contribution < -0.4 is 33.6 Å². The zero-order valence-corrected chi connectivity index (χ0v) is 49.3. The van der Waals surface area contributed by atoms with Gasteiger partial charge >= 0.3 is 25.9 Å². The number of ketones is 1. The first kappa shape index (κ1) is 60.0. The summed E-state index contributed by atoms with van der Waals surface area (Å²) in [7, 11) is 10.3. The number of methoxy groups -OCH3 is 3. The number of fused-ring (bicyclic) bond motifs is 4. The van der Waals surface area contributed by atoms with Crippen LogP contribution in [-0.2, 0) is 53.3 Å². The van der Waals surface area contributed by atoms with Gasteiger partial charge in [0.2, 0.25) is 24.0 Å². The van der Waals surface area contributed by atoms with Crippen molar-refractivity contribution >= 4 is 66.4 Å². The summed E-state index contributed by atoms with van der Waals surface area (Å²) in [6, 6.07) is 22.8. The highest BCUT2D eigenvalue weighted by molar-refractivity contribution is 8.00. The molecule has 1 N–H and O–H groups in total. The first-order valence-electron chi connectivity index (χ1n) is 27.3. The number of aromatic nitrogens is 2. The number of Topliss-reactive ketones (excluding diaryl/α,β-unsaturated/α-hetero) is 1. The molecular weight excluding hydrogens is 1100 g/mol. The number of carbonyl (C=O) groups is 5. The van der Waals surface area contributed by atoms with Crippen LogP contribution in [0, 0.1) is 28.9 Å². The Morgan fingerprint density at radius 2 is 1.45 bits per heavy atom. The Morgan fingerprint density at radius 1 is 0.867 bits per heavy atom. The zero-order chi connectivity index (χ0) is 59.1. The summed E-state index contributed by atoms with van der Waals surface area (Å²) in [5.41, 5.74) is 2.52. The van der Waals surface area contributed by atoms with E-state index >= 15 is 0 Å². The van der Waals surface area contributed by atoms with Crippen molar-refractivity contribution in [2.45, 2.75) is 91.1 Å². The average Bonchev–Trinajstić information content (AvgIpc) is 3.03. The van der Waals surface area contributed by atoms with E-state index in [1.165, 1.54) is 34.1 Å². The molecule has 0 aliphatic carbocycles. The molecule has 10 rings (SSSR count). The Morgan fingerprint density at radius 3 is 1.99 bits per heavy atom. The van der Waals surface area contributed by atoms with Crippen LogP contribution >= 0.6 is 23.1 Å². The highest BCUT2D eigenvalue weighted by Crippen LogP contribution is 2.49. The maximum absolute atomic E-state index is 14.6. The molecule has 3 aromatic carbocycles. The predicted octanol–water partition coefficient (Wildman–Crippen LogP) is 7.34. The van der Waals surface area contributed by atoms with Gasteiger partial charge in [-0.15, -0.1) is 23.1 Å². The minimum atomic E-state index is -1.18. The predicted molar refractivity (Wildman–Crippen MR) is 309 cm³/mol. The number of aryl methyl sites for hydroxylation is 1. The van der Waals surface area contributed by atoms with Crippen molar-refractivity contribution in [2.24, 2.45) is 21.9 Å². The lowest BCUT2D eigenvalue weighted by molar-refractivity contribution is -0.941. The van der Waals surface area contributed by atoms with Gasteiger partial charge in [0.15, 0.2) is 17.2 Å². The summed E-state index contributed by atoms with van der Waals surface area (Å²) in [5.74, 6) is -1.13. The molecule has 23 heteroatoms. The number of nitrogens with one attached hydrogen (secondary N) is 1. The molecule has 3 atom stereocenters. The fraction of sp³-hybridized carbons (Fsp3) is 0.433. The van der Waals surface area contributed by atoms with Crippen LogP contribution in [-0.4, -0.2) is 129 Å². The van der Waals surface area contributed by atoms with Crippen molar-refractivity contribution in [1.29, 1.82) is 0 Å². The van der Waals surface area contributed by atoms with Gasteiger partial charge in [0.05, 0.1) is 63.3 Å². The van der Waals surface area contributed by atoms with Crippen molar-refractivity contribution in [2.75, 3.05) is 59.8 Å². The molecular formula is C60H68BN6O14S2+. The van der Waals surface area contributed by atoms with Crippen LogP contribution in [0.4, 0.5) is 0 Å². The number of benzene rings is 3. The van der Waals surface area contributed by atoms with Crippen molar-refractivity contribution in [1.82, 2.24) is 15.2 Å². The Kier molecular flexibility index (Phi) is 18.7. The van der Waals surface area contributed by atoms with E-state index < -0.39 is 52.3 Å². The molecule has 0 saturated carbocycles. The molecule has 2 aromatic heterocycles. The lowest BCUT2D eigenvalue weighted by Gasteiger charge is -2.56. The van der Waals surface area contributed by atoms with Gasteiger partial charge in [-0.3, -0.25) is 19.3 Å². The maximum atomic E-state index is 14.6. The lowest BCUT2D eigenvalue weighted by atomic mass is 9.70. The number of carbonyl (C=O) groups excluding carboxylic acids is 5. The molecule has 7 heterocycles. The summed E-state index contributed by atoms with van der Waals surface area (Å²) >= 11 is 2.81. The summed E-state index contributed by atoms with van der Waals surface area (Å²) in [6.45, 7) is 10.7. The number of hydrogen-bond donors (Lipinski definition) is 1. The van der Waals surface area contributed by atoms with E-state index in [0.29, 0.717) is 50.3 Å². The van der Waals surface area contributed by atoms with Gasteiger partial charge in [0, 0.05) is 60.8 Å². The number of amides is 2. The zero-order valence-electron chi connectivity index (χ0n) is 47.6. The fourth-order valence-electron chi connectivity index (χ4n) is 10.8. The molecule has 2 radical (unpaired) electrons. The largest absolute Gasteiger partial charge is 0.618 e. The minimum absolute atomic E-state index is 0.0244. The molecule has 4 saturated heterocycles. The number of ether oxygens (including phenoxy) is 6. The highest BCUT2D eigenvalue weighted by Gasteiger charge is 2.56. The summed E-state index contributed by atoms with van der Waals surface area (Å²) in [6.07, 6.45) is 2.19. The number of esters is 2. The third kappa shape index (κ3) is 14.2. The molecule has 0 spiro atoms. The number of oxime groups is 1. The number of pyridine rings is 1. The molecule has 20 nitrogen and oxygen atoms in total. The van der Waals surface area contributed by atoms with Crippen LogP contribution in [0.3, 0.4) is 0 Å². The van der Waals surface area contributed by atoms with Crippen molar-refractivity contribution in [3.63, 3.8) is 0 Å². The second kappa shape index (κ2) is 25.9. The van der Waals surface area contributed by atoms with Gasteiger partial charge in [0.25, 0.3) is 5.69 Å². The van der Waals surface area contributed by atoms with E-state index in [1.54, 1.807) is 94.3 Å². The minimum Gasteiger partial charge on any atom is -0.618 e. The number of quaternary nitrogens is 1. The SMILES string of the molecule is [B]Oc1cc(C(=O)NCC23CC[N+](CC4=C(C(=O)OCc5ccc(OC)cc5)N5C(=O)[C@@H](CC(=O)/C(=N\O[C@@H](CC(C)(C)C)C(=O)OCc6ccc(OC)cc6)c6csc(C)n6)[C@H]5SC4)(CC2)CC3)[n+]([O-])cc1OCc1ccc(OC)cc1. The van der Waals surface area contributed by atoms with Gasteiger partial charge in [-0.25, -0.2) is 14.6 Å². The first-order valence-corrected chi connectivity index (χ1v) is 29.2. The van der Waals surface area contributed by atoms with E-state index in [0.717, 1.165) is 67.4 Å². The second-order valence-electron chi connectivity index (χ2n) is 22.6. The molecule has 5 aromatic rings.